The van der Waals surface area contributed by atoms with Crippen LogP contribution in [-0.4, -0.2) is 46.6 Å². The number of fused-ring (bicyclic) bond motifs is 10. The zero-order valence-electron chi connectivity index (χ0n) is 19.7. The summed E-state index contributed by atoms with van der Waals surface area (Å²) < 4.78 is 16.0. The Morgan fingerprint density at radius 1 is 0.865 bits per heavy atom. The smallest absolute Gasteiger partial charge is 0.214 e. The third kappa shape index (κ3) is 2.85. The standard InChI is InChI=1S/C23H16N10O2S2/c1-8-6-12-17(23-14(8)27-30-37-23)25-13(18-22(12)36-31-28-18)5-4-10-7-11-16(21-15(10)26-29-34-21)24-9(2)19-20(11)35-32-33(19)3/h6-7,32H,4-5H2,1-3H3. The molecule has 1 aliphatic rings. The molecule has 182 valence electrons. The predicted molar refractivity (Wildman–Crippen MR) is 140 cm³/mol. The lowest BCUT2D eigenvalue weighted by molar-refractivity contribution is 0.223. The molecular weight excluding hydrogens is 512 g/mol. The van der Waals surface area contributed by atoms with E-state index in [2.05, 4.69) is 47.3 Å². The van der Waals surface area contributed by atoms with Crippen molar-refractivity contribution in [1.82, 2.24) is 45.1 Å². The van der Waals surface area contributed by atoms with Crippen molar-refractivity contribution in [2.75, 3.05) is 12.1 Å². The summed E-state index contributed by atoms with van der Waals surface area (Å²) in [5, 5.41) is 20.5. The number of pyridine rings is 2. The Morgan fingerprint density at radius 2 is 1.70 bits per heavy atom. The van der Waals surface area contributed by atoms with Gasteiger partial charge in [0.2, 0.25) is 5.58 Å². The summed E-state index contributed by atoms with van der Waals surface area (Å²) in [7, 11) is 1.89. The van der Waals surface area contributed by atoms with Gasteiger partial charge >= 0.3 is 0 Å². The van der Waals surface area contributed by atoms with Gasteiger partial charge in [0.25, 0.3) is 0 Å². The molecule has 5 aromatic heterocycles. The van der Waals surface area contributed by atoms with Gasteiger partial charge in [0.05, 0.1) is 27.0 Å². The first-order valence-electron chi connectivity index (χ1n) is 11.5. The van der Waals surface area contributed by atoms with Gasteiger partial charge in [0, 0.05) is 17.7 Å². The molecule has 6 heterocycles. The van der Waals surface area contributed by atoms with Crippen LogP contribution in [0.15, 0.2) is 16.7 Å². The molecule has 0 saturated carbocycles. The van der Waals surface area contributed by atoms with Crippen LogP contribution in [0, 0.1) is 13.8 Å². The van der Waals surface area contributed by atoms with Crippen molar-refractivity contribution < 1.29 is 9.36 Å². The number of nitrogens with one attached hydrogen (secondary N) is 1. The number of hydrazine groups is 1. The zero-order chi connectivity index (χ0) is 24.8. The van der Waals surface area contributed by atoms with Gasteiger partial charge in [-0.3, -0.25) is 5.01 Å². The largest absolute Gasteiger partial charge is 0.386 e. The normalized spacial score (nSPS) is 13.5. The number of nitrogens with zero attached hydrogens (tertiary/aromatic N) is 9. The van der Waals surface area contributed by atoms with E-state index in [9.17, 15) is 0 Å². The van der Waals surface area contributed by atoms with Crippen molar-refractivity contribution in [3.05, 3.63) is 34.6 Å². The summed E-state index contributed by atoms with van der Waals surface area (Å²) in [6.45, 7) is 3.97. The highest BCUT2D eigenvalue weighted by atomic mass is 32.1. The van der Waals surface area contributed by atoms with Crippen molar-refractivity contribution in [2.45, 2.75) is 26.7 Å². The molecule has 7 aromatic rings. The zero-order valence-corrected chi connectivity index (χ0v) is 21.4. The van der Waals surface area contributed by atoms with Crippen LogP contribution in [0.3, 0.4) is 0 Å². The lowest BCUT2D eigenvalue weighted by Gasteiger charge is -2.11. The average molecular weight is 529 g/mol. The number of hydrogen-bond acceptors (Lipinski definition) is 14. The van der Waals surface area contributed by atoms with Crippen molar-refractivity contribution in [1.29, 1.82) is 0 Å². The van der Waals surface area contributed by atoms with E-state index in [-0.39, 0.29) is 0 Å². The molecule has 1 N–H and O–H groups in total. The van der Waals surface area contributed by atoms with E-state index in [1.807, 2.05) is 20.9 Å². The monoisotopic (exact) mass is 528 g/mol. The van der Waals surface area contributed by atoms with Crippen LogP contribution >= 0.6 is 23.1 Å². The van der Waals surface area contributed by atoms with Gasteiger partial charge in [0.15, 0.2) is 5.75 Å². The van der Waals surface area contributed by atoms with E-state index >= 15 is 0 Å². The van der Waals surface area contributed by atoms with Crippen LogP contribution in [-0.2, 0) is 12.8 Å². The third-order valence-corrected chi connectivity index (χ3v) is 8.35. The SMILES string of the molecule is Cc1nc2c(cc(CCc3nc4c(cc(C)c5nnsc54)c4snnc34)c3nnoc32)c2c1N(C)NO2. The maximum atomic E-state index is 5.80. The topological polar surface area (TPSA) is 141 Å². The Kier molecular flexibility index (Phi) is 4.22. The fraction of sp³-hybridized carbons (Fsp3) is 0.217. The Morgan fingerprint density at radius 3 is 2.59 bits per heavy atom. The number of rotatable bonds is 3. The second-order valence-electron chi connectivity index (χ2n) is 9.06. The summed E-state index contributed by atoms with van der Waals surface area (Å²) in [6, 6.07) is 4.16. The van der Waals surface area contributed by atoms with E-state index in [4.69, 9.17) is 19.3 Å². The van der Waals surface area contributed by atoms with Gasteiger partial charge in [-0.2, -0.15) is 0 Å². The number of aromatic nitrogens is 8. The molecule has 8 rings (SSSR count). The minimum atomic E-state index is 0.538. The van der Waals surface area contributed by atoms with Crippen LogP contribution in [0.4, 0.5) is 5.69 Å². The summed E-state index contributed by atoms with van der Waals surface area (Å²) in [4.78, 5) is 15.6. The highest BCUT2D eigenvalue weighted by molar-refractivity contribution is 7.15. The van der Waals surface area contributed by atoms with E-state index in [1.165, 1.54) is 23.1 Å². The molecule has 0 saturated heterocycles. The summed E-state index contributed by atoms with van der Waals surface area (Å²) >= 11 is 2.74. The van der Waals surface area contributed by atoms with Crippen LogP contribution in [0.1, 0.15) is 22.5 Å². The molecule has 0 fully saturated rings. The van der Waals surface area contributed by atoms with Gasteiger partial charge in [-0.05, 0) is 73.0 Å². The first kappa shape index (κ1) is 21.0. The van der Waals surface area contributed by atoms with Crippen molar-refractivity contribution >= 4 is 82.1 Å². The lowest BCUT2D eigenvalue weighted by atomic mass is 10.0. The van der Waals surface area contributed by atoms with E-state index < -0.39 is 0 Å². The van der Waals surface area contributed by atoms with Crippen LogP contribution in [0.5, 0.6) is 5.75 Å². The molecule has 37 heavy (non-hydrogen) atoms. The van der Waals surface area contributed by atoms with Crippen molar-refractivity contribution in [3.63, 3.8) is 0 Å². The van der Waals surface area contributed by atoms with Crippen molar-refractivity contribution in [2.24, 2.45) is 0 Å². The third-order valence-electron chi connectivity index (χ3n) is 6.86. The molecule has 12 nitrogen and oxygen atoms in total. The highest BCUT2D eigenvalue weighted by Gasteiger charge is 2.27. The number of hydrogen-bond donors (Lipinski definition) is 1. The minimum Gasteiger partial charge on any atom is -0.386 e. The Labute approximate surface area is 215 Å². The molecule has 0 amide bonds. The number of benzene rings is 2. The minimum absolute atomic E-state index is 0.538. The second kappa shape index (κ2) is 7.44. The van der Waals surface area contributed by atoms with Gasteiger partial charge in [0.1, 0.15) is 32.5 Å². The Balaban J connectivity index is 1.30. The van der Waals surface area contributed by atoms with Gasteiger partial charge in [-0.25, -0.2) is 9.97 Å². The second-order valence-corrected chi connectivity index (χ2v) is 10.6. The van der Waals surface area contributed by atoms with Crippen LogP contribution in [0.2, 0.25) is 0 Å². The van der Waals surface area contributed by atoms with Crippen LogP contribution < -0.4 is 15.4 Å². The Bertz CT molecular complexity index is 2060. The predicted octanol–water partition coefficient (Wildman–Crippen LogP) is 3.98. The molecule has 0 atom stereocenters. The summed E-state index contributed by atoms with van der Waals surface area (Å²) in [6.07, 6.45) is 1.25. The first-order chi connectivity index (χ1) is 18.1. The Hall–Kier alpha value is -4.14. The molecule has 2 aromatic carbocycles. The summed E-state index contributed by atoms with van der Waals surface area (Å²) in [5.41, 5.74) is 11.9. The van der Waals surface area contributed by atoms with Gasteiger partial charge in [-0.15, -0.1) is 15.3 Å². The van der Waals surface area contributed by atoms with E-state index in [0.29, 0.717) is 35.2 Å². The molecule has 14 heteroatoms. The average Bonchev–Trinajstić information content (AvgIpc) is 3.69. The maximum Gasteiger partial charge on any atom is 0.214 e. The fourth-order valence-corrected chi connectivity index (χ4v) is 6.61. The molecular formula is C23H16N10O2S2. The van der Waals surface area contributed by atoms with Crippen LogP contribution in [0.25, 0.3) is 53.3 Å². The van der Waals surface area contributed by atoms with Gasteiger partial charge < -0.3 is 9.36 Å². The molecule has 0 unspecified atom stereocenters. The molecule has 0 bridgehead atoms. The quantitative estimate of drug-likeness (QED) is 0.354. The van der Waals surface area contributed by atoms with Crippen molar-refractivity contribution in [3.8, 4) is 5.75 Å². The van der Waals surface area contributed by atoms with Gasteiger partial charge in [-0.1, -0.05) is 14.6 Å². The molecule has 0 spiro atoms. The molecule has 0 radical (unpaired) electrons. The lowest BCUT2D eigenvalue weighted by Crippen LogP contribution is -2.30. The van der Waals surface area contributed by atoms with E-state index in [1.54, 1.807) is 5.01 Å². The van der Waals surface area contributed by atoms with E-state index in [0.717, 1.165) is 64.9 Å². The number of aryl methyl sites for hydroxylation is 4. The maximum absolute atomic E-state index is 5.80. The molecule has 0 aliphatic carbocycles. The first-order valence-corrected chi connectivity index (χ1v) is 13.0. The molecule has 1 aliphatic heterocycles. The summed E-state index contributed by atoms with van der Waals surface area (Å²) in [5.74, 6) is 0.704. The fourth-order valence-electron chi connectivity index (χ4n) is 5.17. The highest BCUT2D eigenvalue weighted by Crippen LogP contribution is 2.42. The number of anilines is 1.